The van der Waals surface area contributed by atoms with E-state index in [1.807, 2.05) is 0 Å². The minimum Gasteiger partial charge on any atom is -0.491 e. The lowest BCUT2D eigenvalue weighted by Crippen LogP contribution is -2.16. The highest BCUT2D eigenvalue weighted by Crippen LogP contribution is 2.41. The van der Waals surface area contributed by atoms with Gasteiger partial charge in [0.2, 0.25) is 5.82 Å². The summed E-state index contributed by atoms with van der Waals surface area (Å²) in [5, 5.41) is 9.54. The zero-order valence-corrected chi connectivity index (χ0v) is 21.3. The molecule has 0 saturated heterocycles. The summed E-state index contributed by atoms with van der Waals surface area (Å²) < 4.78 is 92.5. The van der Waals surface area contributed by atoms with Gasteiger partial charge in [0.05, 0.1) is 12.7 Å². The van der Waals surface area contributed by atoms with Crippen LogP contribution >= 0.6 is 0 Å². The zero-order valence-electron chi connectivity index (χ0n) is 21.3. The van der Waals surface area contributed by atoms with E-state index in [2.05, 4.69) is 0 Å². The summed E-state index contributed by atoms with van der Waals surface area (Å²) in [5.41, 5.74) is -0.394. The van der Waals surface area contributed by atoms with Crippen molar-refractivity contribution in [1.29, 1.82) is 0 Å². The van der Waals surface area contributed by atoms with Gasteiger partial charge in [-0.2, -0.15) is 4.39 Å². The van der Waals surface area contributed by atoms with Crippen LogP contribution in [-0.4, -0.2) is 11.7 Å². The normalized spacial score (nSPS) is 18.4. The van der Waals surface area contributed by atoms with Crippen molar-refractivity contribution in [1.82, 2.24) is 0 Å². The Morgan fingerprint density at radius 3 is 2.03 bits per heavy atom. The summed E-state index contributed by atoms with van der Waals surface area (Å²) in [6.07, 6.45) is 2.45. The molecule has 0 aromatic heterocycles. The van der Waals surface area contributed by atoms with Crippen LogP contribution in [0.25, 0.3) is 11.1 Å². The molecule has 1 atom stereocenters. The van der Waals surface area contributed by atoms with E-state index < -0.39 is 41.0 Å². The summed E-state index contributed by atoms with van der Waals surface area (Å²) in [5.74, 6) is -7.16. The first kappa shape index (κ1) is 28.0. The van der Waals surface area contributed by atoms with Crippen LogP contribution in [0.1, 0.15) is 74.7 Å². The molecule has 0 aliphatic heterocycles. The van der Waals surface area contributed by atoms with Crippen molar-refractivity contribution < 1.29 is 36.2 Å². The highest BCUT2D eigenvalue weighted by atomic mass is 19.2. The molecule has 0 amide bonds. The molecule has 1 N–H and O–H groups in total. The third-order valence-corrected chi connectivity index (χ3v) is 7.50. The van der Waals surface area contributed by atoms with E-state index in [-0.39, 0.29) is 52.0 Å². The predicted molar refractivity (Wildman–Crippen MR) is 133 cm³/mol. The second-order valence-electron chi connectivity index (χ2n) is 9.88. The van der Waals surface area contributed by atoms with Crippen molar-refractivity contribution in [3.8, 4) is 16.9 Å². The van der Waals surface area contributed by atoms with Crippen LogP contribution in [-0.2, 0) is 6.42 Å². The SMILES string of the molecule is CCOc1ccc(-c2ccc(C3CCC(CCc4ccc(C(C)O)c(F)c4F)CC3)c(F)c2F)c(F)c1F. The number of hydrogen-bond donors (Lipinski definition) is 1. The van der Waals surface area contributed by atoms with Gasteiger partial charge in [-0.1, -0.05) is 24.3 Å². The summed E-state index contributed by atoms with van der Waals surface area (Å²) in [6, 6.07) is 7.93. The maximum Gasteiger partial charge on any atom is 0.201 e. The van der Waals surface area contributed by atoms with E-state index in [9.17, 15) is 22.7 Å². The molecule has 8 heteroatoms. The monoisotopic (exact) mass is 536 g/mol. The first-order valence-electron chi connectivity index (χ1n) is 12.9. The first-order valence-corrected chi connectivity index (χ1v) is 12.9. The van der Waals surface area contributed by atoms with Crippen molar-refractivity contribution >= 4 is 0 Å². The Morgan fingerprint density at radius 2 is 1.39 bits per heavy atom. The molecule has 0 heterocycles. The van der Waals surface area contributed by atoms with E-state index in [1.54, 1.807) is 6.92 Å². The lowest BCUT2D eigenvalue weighted by Gasteiger charge is -2.29. The molecule has 0 radical (unpaired) electrons. The van der Waals surface area contributed by atoms with Gasteiger partial charge in [-0.3, -0.25) is 0 Å². The van der Waals surface area contributed by atoms with Gasteiger partial charge in [-0.15, -0.1) is 0 Å². The van der Waals surface area contributed by atoms with E-state index in [4.69, 9.17) is 4.74 Å². The summed E-state index contributed by atoms with van der Waals surface area (Å²) in [4.78, 5) is 0. The highest BCUT2D eigenvalue weighted by Gasteiger charge is 2.28. The summed E-state index contributed by atoms with van der Waals surface area (Å²) in [7, 11) is 0. The maximum atomic E-state index is 15.1. The van der Waals surface area contributed by atoms with E-state index >= 15 is 8.78 Å². The number of aliphatic hydroxyl groups excluding tert-OH is 1. The quantitative estimate of drug-likeness (QED) is 0.292. The Bertz CT molecular complexity index is 1300. The van der Waals surface area contributed by atoms with Crippen LogP contribution in [0.3, 0.4) is 0 Å². The third kappa shape index (κ3) is 5.55. The van der Waals surface area contributed by atoms with Crippen LogP contribution in [0.5, 0.6) is 5.75 Å². The number of aliphatic hydroxyl groups is 1. The minimum atomic E-state index is -1.31. The topological polar surface area (TPSA) is 29.5 Å². The van der Waals surface area contributed by atoms with Gasteiger partial charge < -0.3 is 9.84 Å². The smallest absolute Gasteiger partial charge is 0.201 e. The molecule has 1 aliphatic rings. The van der Waals surface area contributed by atoms with Crippen molar-refractivity contribution in [2.45, 2.75) is 64.4 Å². The first-order chi connectivity index (χ1) is 18.1. The summed E-state index contributed by atoms with van der Waals surface area (Å²) in [6.45, 7) is 3.11. The average molecular weight is 537 g/mol. The molecule has 2 nitrogen and oxygen atoms in total. The van der Waals surface area contributed by atoms with E-state index in [1.165, 1.54) is 43.3 Å². The van der Waals surface area contributed by atoms with Crippen molar-refractivity contribution in [2.24, 2.45) is 5.92 Å². The molecule has 1 saturated carbocycles. The molecule has 1 aliphatic carbocycles. The second-order valence-corrected chi connectivity index (χ2v) is 9.88. The number of ether oxygens (including phenoxy) is 1. The van der Waals surface area contributed by atoms with Gasteiger partial charge in [0.15, 0.2) is 34.8 Å². The highest BCUT2D eigenvalue weighted by molar-refractivity contribution is 5.66. The molecule has 3 aromatic carbocycles. The zero-order chi connectivity index (χ0) is 27.6. The van der Waals surface area contributed by atoms with E-state index in [0.29, 0.717) is 38.5 Å². The number of hydrogen-bond acceptors (Lipinski definition) is 2. The Morgan fingerprint density at radius 1 is 0.763 bits per heavy atom. The van der Waals surface area contributed by atoms with Crippen LogP contribution in [0.4, 0.5) is 26.3 Å². The standard InChI is InChI=1S/C30H30F6O2/c1-3-38-24-15-14-23(29(35)30(24)36)22-13-12-21(27(33)28(22)34)18-7-4-17(5-8-18)6-9-19-10-11-20(16(2)37)26(32)25(19)31/h10-18,37H,3-9H2,1-2H3. The Labute approximate surface area is 218 Å². The van der Waals surface area contributed by atoms with Crippen molar-refractivity contribution in [3.05, 3.63) is 88.0 Å². The molecule has 1 fully saturated rings. The molecule has 38 heavy (non-hydrogen) atoms. The Hall–Kier alpha value is -3.00. The lowest BCUT2D eigenvalue weighted by atomic mass is 9.76. The largest absolute Gasteiger partial charge is 0.491 e. The Kier molecular flexibility index (Phi) is 8.71. The van der Waals surface area contributed by atoms with E-state index in [0.717, 1.165) is 0 Å². The number of aryl methyl sites for hydroxylation is 1. The number of halogens is 6. The van der Waals surface area contributed by atoms with Crippen molar-refractivity contribution in [3.63, 3.8) is 0 Å². The molecule has 1 unspecified atom stereocenters. The van der Waals surface area contributed by atoms with Crippen LogP contribution in [0.15, 0.2) is 36.4 Å². The fourth-order valence-corrected chi connectivity index (χ4v) is 5.34. The third-order valence-electron chi connectivity index (χ3n) is 7.50. The van der Waals surface area contributed by atoms with Gasteiger partial charge >= 0.3 is 0 Å². The number of rotatable bonds is 8. The van der Waals surface area contributed by atoms with Gasteiger partial charge in [-0.05, 0) is 87.5 Å². The molecule has 204 valence electrons. The average Bonchev–Trinajstić information content (AvgIpc) is 2.90. The van der Waals surface area contributed by atoms with Gasteiger partial charge in [-0.25, -0.2) is 22.0 Å². The van der Waals surface area contributed by atoms with Gasteiger partial charge in [0.25, 0.3) is 0 Å². The minimum absolute atomic E-state index is 0.0811. The molecule has 4 rings (SSSR count). The maximum absolute atomic E-state index is 15.1. The summed E-state index contributed by atoms with van der Waals surface area (Å²) >= 11 is 0. The van der Waals surface area contributed by atoms with Crippen molar-refractivity contribution in [2.75, 3.05) is 6.61 Å². The molecule has 0 bridgehead atoms. The fourth-order valence-electron chi connectivity index (χ4n) is 5.34. The van der Waals surface area contributed by atoms with Crippen LogP contribution < -0.4 is 4.74 Å². The fraction of sp³-hybridized carbons (Fsp3) is 0.400. The molecule has 0 spiro atoms. The van der Waals surface area contributed by atoms with Crippen LogP contribution in [0, 0.1) is 40.8 Å². The molecular formula is C30H30F6O2. The number of benzene rings is 3. The molecular weight excluding hydrogens is 506 g/mol. The van der Waals surface area contributed by atoms with Crippen LogP contribution in [0.2, 0.25) is 0 Å². The molecule has 3 aromatic rings. The van der Waals surface area contributed by atoms with Gasteiger partial charge in [0, 0.05) is 16.7 Å². The Balaban J connectivity index is 1.42. The lowest BCUT2D eigenvalue weighted by molar-refractivity contribution is 0.192. The second kappa shape index (κ2) is 11.8. The predicted octanol–water partition coefficient (Wildman–Crippen LogP) is 8.55. The van der Waals surface area contributed by atoms with Gasteiger partial charge in [0.1, 0.15) is 0 Å².